The average Bonchev–Trinajstić information content (AvgIpc) is 2.44. The van der Waals surface area contributed by atoms with Crippen LogP contribution in [0.3, 0.4) is 0 Å². The molecule has 1 aromatic carbocycles. The average molecular weight is 291 g/mol. The number of aromatic nitrogens is 1. The van der Waals surface area contributed by atoms with Crippen molar-refractivity contribution in [2.45, 2.75) is 10.8 Å². The van der Waals surface area contributed by atoms with Gasteiger partial charge in [0.25, 0.3) is 0 Å². The monoisotopic (exact) mass is 291 g/mol. The molecule has 0 aliphatic heterocycles. The Balaban J connectivity index is 2.31. The van der Waals surface area contributed by atoms with Crippen LogP contribution in [-0.2, 0) is 5.75 Å². The molecule has 1 nitrogen and oxygen atoms in total. The van der Waals surface area contributed by atoms with E-state index in [0.29, 0.717) is 5.03 Å². The first kappa shape index (κ1) is 13.8. The molecule has 0 bridgehead atoms. The van der Waals surface area contributed by atoms with Gasteiger partial charge in [0.15, 0.2) is 23.3 Å². The summed E-state index contributed by atoms with van der Waals surface area (Å²) in [7, 11) is 0. The van der Waals surface area contributed by atoms with Crippen LogP contribution in [0.25, 0.3) is 0 Å². The number of halogens is 5. The SMILES string of the molecule is Fc1c(F)c(F)c(CSc2ccccn2)c(F)c1F. The molecule has 1 heterocycles. The minimum Gasteiger partial charge on any atom is -0.250 e. The highest BCUT2D eigenvalue weighted by Crippen LogP contribution is 2.28. The molecular weight excluding hydrogens is 285 g/mol. The highest BCUT2D eigenvalue weighted by atomic mass is 32.2. The molecular formula is C12H6F5NS. The predicted octanol–water partition coefficient (Wildman–Crippen LogP) is 4.07. The van der Waals surface area contributed by atoms with Crippen LogP contribution < -0.4 is 0 Å². The molecule has 2 aromatic rings. The van der Waals surface area contributed by atoms with Gasteiger partial charge in [0.2, 0.25) is 5.82 Å². The van der Waals surface area contributed by atoms with Crippen LogP contribution in [0, 0.1) is 29.1 Å². The van der Waals surface area contributed by atoms with Crippen molar-refractivity contribution in [1.82, 2.24) is 4.98 Å². The lowest BCUT2D eigenvalue weighted by Crippen LogP contribution is -2.06. The molecule has 7 heteroatoms. The fraction of sp³-hybridized carbons (Fsp3) is 0.0833. The number of hydrogen-bond acceptors (Lipinski definition) is 2. The summed E-state index contributed by atoms with van der Waals surface area (Å²) in [4.78, 5) is 3.87. The summed E-state index contributed by atoms with van der Waals surface area (Å²) in [6.07, 6.45) is 1.46. The molecule has 0 N–H and O–H groups in total. The number of rotatable bonds is 3. The standard InChI is InChI=1S/C12H6F5NS/c13-8-6(5-19-7-3-1-2-4-18-7)9(14)11(16)12(17)10(8)15/h1-4H,5H2. The molecule has 0 saturated carbocycles. The van der Waals surface area contributed by atoms with Gasteiger partial charge in [-0.1, -0.05) is 6.07 Å². The van der Waals surface area contributed by atoms with Crippen molar-refractivity contribution in [3.63, 3.8) is 0 Å². The molecule has 0 amide bonds. The van der Waals surface area contributed by atoms with Gasteiger partial charge >= 0.3 is 0 Å². The van der Waals surface area contributed by atoms with E-state index in [9.17, 15) is 22.0 Å². The van der Waals surface area contributed by atoms with Crippen LogP contribution in [-0.4, -0.2) is 4.98 Å². The maximum Gasteiger partial charge on any atom is 0.200 e. The molecule has 0 unspecified atom stereocenters. The van der Waals surface area contributed by atoms with Crippen molar-refractivity contribution in [2.75, 3.05) is 0 Å². The van der Waals surface area contributed by atoms with Gasteiger partial charge in [-0.15, -0.1) is 11.8 Å². The van der Waals surface area contributed by atoms with Gasteiger partial charge in [-0.25, -0.2) is 26.9 Å². The lowest BCUT2D eigenvalue weighted by molar-refractivity contribution is 0.372. The zero-order chi connectivity index (χ0) is 14.0. The van der Waals surface area contributed by atoms with Crippen molar-refractivity contribution in [3.8, 4) is 0 Å². The number of thioether (sulfide) groups is 1. The van der Waals surface area contributed by atoms with E-state index in [2.05, 4.69) is 4.98 Å². The molecule has 2 rings (SSSR count). The van der Waals surface area contributed by atoms with Crippen LogP contribution in [0.2, 0.25) is 0 Å². The van der Waals surface area contributed by atoms with E-state index >= 15 is 0 Å². The van der Waals surface area contributed by atoms with Crippen molar-refractivity contribution >= 4 is 11.8 Å². The van der Waals surface area contributed by atoms with E-state index in [1.165, 1.54) is 6.20 Å². The Labute approximate surface area is 109 Å². The smallest absolute Gasteiger partial charge is 0.200 e. The molecule has 0 saturated heterocycles. The second kappa shape index (κ2) is 5.56. The number of pyridine rings is 1. The zero-order valence-electron chi connectivity index (χ0n) is 9.26. The second-order valence-electron chi connectivity index (χ2n) is 3.51. The molecule has 100 valence electrons. The molecule has 0 radical (unpaired) electrons. The van der Waals surface area contributed by atoms with Crippen LogP contribution in [0.1, 0.15) is 5.56 Å². The minimum atomic E-state index is -2.15. The molecule has 1 aromatic heterocycles. The number of benzene rings is 1. The van der Waals surface area contributed by atoms with Gasteiger partial charge in [0, 0.05) is 17.5 Å². The Morgan fingerprint density at radius 2 is 1.42 bits per heavy atom. The normalized spacial score (nSPS) is 10.8. The van der Waals surface area contributed by atoms with Gasteiger partial charge in [-0.2, -0.15) is 0 Å². The summed E-state index contributed by atoms with van der Waals surface area (Å²) in [6, 6.07) is 4.85. The quantitative estimate of drug-likeness (QED) is 0.366. The van der Waals surface area contributed by atoms with E-state index < -0.39 is 40.4 Å². The first-order valence-electron chi connectivity index (χ1n) is 5.06. The van der Waals surface area contributed by atoms with Crippen molar-refractivity contribution < 1.29 is 22.0 Å². The summed E-state index contributed by atoms with van der Waals surface area (Å²) >= 11 is 0.878. The van der Waals surface area contributed by atoms with Gasteiger partial charge < -0.3 is 0 Å². The maximum absolute atomic E-state index is 13.4. The molecule has 0 spiro atoms. The molecule has 19 heavy (non-hydrogen) atoms. The van der Waals surface area contributed by atoms with E-state index in [0.717, 1.165) is 11.8 Å². The Morgan fingerprint density at radius 1 is 0.842 bits per heavy atom. The van der Waals surface area contributed by atoms with Gasteiger partial charge in [-0.05, 0) is 12.1 Å². The van der Waals surface area contributed by atoms with Crippen molar-refractivity contribution in [3.05, 3.63) is 59.0 Å². The largest absolute Gasteiger partial charge is 0.250 e. The Hall–Kier alpha value is -1.63. The van der Waals surface area contributed by atoms with E-state index in [1.54, 1.807) is 18.2 Å². The lowest BCUT2D eigenvalue weighted by Gasteiger charge is -2.07. The topological polar surface area (TPSA) is 12.9 Å². The van der Waals surface area contributed by atoms with E-state index in [4.69, 9.17) is 0 Å². The summed E-state index contributed by atoms with van der Waals surface area (Å²) in [5.41, 5.74) is -0.855. The Bertz CT molecular complexity index is 574. The fourth-order valence-electron chi connectivity index (χ4n) is 1.36. The second-order valence-corrected chi connectivity index (χ2v) is 4.50. The van der Waals surface area contributed by atoms with Crippen molar-refractivity contribution in [1.29, 1.82) is 0 Å². The summed E-state index contributed by atoms with van der Waals surface area (Å²) in [6.45, 7) is 0. The fourth-order valence-corrected chi connectivity index (χ4v) is 2.21. The number of nitrogens with zero attached hydrogens (tertiary/aromatic N) is 1. The molecule has 0 aliphatic rings. The zero-order valence-corrected chi connectivity index (χ0v) is 10.1. The lowest BCUT2D eigenvalue weighted by atomic mass is 10.2. The van der Waals surface area contributed by atoms with Crippen LogP contribution in [0.5, 0.6) is 0 Å². The first-order valence-corrected chi connectivity index (χ1v) is 6.05. The highest BCUT2D eigenvalue weighted by molar-refractivity contribution is 7.98. The van der Waals surface area contributed by atoms with E-state index in [1.807, 2.05) is 0 Å². The predicted molar refractivity (Wildman–Crippen MR) is 60.0 cm³/mol. The highest BCUT2D eigenvalue weighted by Gasteiger charge is 2.25. The first-order chi connectivity index (χ1) is 9.02. The van der Waals surface area contributed by atoms with Crippen LogP contribution in [0.4, 0.5) is 22.0 Å². The van der Waals surface area contributed by atoms with Crippen molar-refractivity contribution in [2.24, 2.45) is 0 Å². The third-order valence-electron chi connectivity index (χ3n) is 2.30. The molecule has 0 fully saturated rings. The Kier molecular flexibility index (Phi) is 4.04. The third kappa shape index (κ3) is 2.70. The molecule has 0 aliphatic carbocycles. The van der Waals surface area contributed by atoms with E-state index in [-0.39, 0.29) is 0 Å². The summed E-state index contributed by atoms with van der Waals surface area (Å²) in [5, 5.41) is 0.423. The van der Waals surface area contributed by atoms with Gasteiger partial charge in [0.1, 0.15) is 0 Å². The number of hydrogen-bond donors (Lipinski definition) is 0. The molecule has 0 atom stereocenters. The van der Waals surface area contributed by atoms with Crippen LogP contribution >= 0.6 is 11.8 Å². The van der Waals surface area contributed by atoms with Gasteiger partial charge in [0.05, 0.1) is 5.03 Å². The minimum absolute atomic E-state index is 0.400. The Morgan fingerprint density at radius 3 is 1.95 bits per heavy atom. The van der Waals surface area contributed by atoms with Gasteiger partial charge in [-0.3, -0.25) is 0 Å². The third-order valence-corrected chi connectivity index (χ3v) is 3.27. The summed E-state index contributed by atoms with van der Waals surface area (Å²) in [5.74, 6) is -10.0. The maximum atomic E-state index is 13.4. The summed E-state index contributed by atoms with van der Waals surface area (Å²) < 4.78 is 65.4. The van der Waals surface area contributed by atoms with Crippen LogP contribution in [0.15, 0.2) is 29.4 Å².